The van der Waals surface area contributed by atoms with Crippen molar-refractivity contribution < 1.29 is 9.90 Å². The van der Waals surface area contributed by atoms with Gasteiger partial charge in [0.25, 0.3) is 0 Å². The smallest absolute Gasteiger partial charge is 0.317 e. The molecule has 0 aromatic rings. The molecule has 1 saturated carbocycles. The number of carbonyl (C=O) groups excluding carboxylic acids is 1. The number of rotatable bonds is 4. The maximum atomic E-state index is 12.5. The Morgan fingerprint density at radius 1 is 1.13 bits per heavy atom. The second-order valence-corrected chi connectivity index (χ2v) is 7.83. The molecule has 2 N–H and O–H groups in total. The number of nitrogens with one attached hydrogen (secondary N) is 1. The van der Waals surface area contributed by atoms with Gasteiger partial charge in [-0.25, -0.2) is 4.79 Å². The molecule has 132 valence electrons. The summed E-state index contributed by atoms with van der Waals surface area (Å²) >= 11 is 0. The largest absolute Gasteiger partial charge is 0.396 e. The van der Waals surface area contributed by atoms with Crippen molar-refractivity contribution in [3.05, 3.63) is 0 Å². The zero-order valence-electron chi connectivity index (χ0n) is 14.5. The molecule has 3 rings (SSSR count). The van der Waals surface area contributed by atoms with Crippen molar-refractivity contribution in [1.29, 1.82) is 0 Å². The van der Waals surface area contributed by atoms with Crippen LogP contribution in [0.15, 0.2) is 0 Å². The van der Waals surface area contributed by atoms with Crippen LogP contribution in [-0.2, 0) is 0 Å². The van der Waals surface area contributed by atoms with E-state index in [2.05, 4.69) is 17.1 Å². The lowest BCUT2D eigenvalue weighted by Crippen LogP contribution is -2.53. The van der Waals surface area contributed by atoms with E-state index in [0.29, 0.717) is 11.8 Å². The van der Waals surface area contributed by atoms with Crippen LogP contribution in [-0.4, -0.2) is 65.8 Å². The predicted octanol–water partition coefficient (Wildman–Crippen LogP) is 2.05. The fourth-order valence-corrected chi connectivity index (χ4v) is 4.25. The van der Waals surface area contributed by atoms with Gasteiger partial charge in [-0.2, -0.15) is 0 Å². The maximum Gasteiger partial charge on any atom is 0.317 e. The average molecular weight is 323 g/mol. The lowest BCUT2D eigenvalue weighted by molar-refractivity contribution is 0.0662. The van der Waals surface area contributed by atoms with E-state index in [1.165, 1.54) is 38.6 Å². The first kappa shape index (κ1) is 17.0. The fourth-order valence-electron chi connectivity index (χ4n) is 4.25. The van der Waals surface area contributed by atoms with E-state index < -0.39 is 0 Å². The summed E-state index contributed by atoms with van der Waals surface area (Å²) in [6.45, 7) is 6.39. The minimum atomic E-state index is 0.0923. The second kappa shape index (κ2) is 7.84. The molecular weight excluding hydrogens is 290 g/mol. The molecule has 5 heteroatoms. The fraction of sp³-hybridized carbons (Fsp3) is 0.944. The van der Waals surface area contributed by atoms with Gasteiger partial charge in [0.15, 0.2) is 0 Å². The molecule has 0 aromatic heterocycles. The van der Waals surface area contributed by atoms with E-state index >= 15 is 0 Å². The SMILES string of the molecule is CC(NC(=O)N1CCC(CO)CC1)C1CCCN(C2CCC2)C1. The van der Waals surface area contributed by atoms with Crippen LogP contribution in [0.4, 0.5) is 4.79 Å². The van der Waals surface area contributed by atoms with Crippen LogP contribution in [0.5, 0.6) is 0 Å². The number of piperidine rings is 2. The number of likely N-dealkylation sites (tertiary alicyclic amines) is 2. The molecule has 2 aliphatic heterocycles. The van der Waals surface area contributed by atoms with E-state index in [9.17, 15) is 9.90 Å². The second-order valence-electron chi connectivity index (χ2n) is 7.83. The van der Waals surface area contributed by atoms with E-state index in [4.69, 9.17) is 0 Å². The summed E-state index contributed by atoms with van der Waals surface area (Å²) in [6, 6.07) is 1.16. The van der Waals surface area contributed by atoms with Crippen molar-refractivity contribution in [2.24, 2.45) is 11.8 Å². The number of hydrogen-bond acceptors (Lipinski definition) is 3. The molecule has 3 fully saturated rings. The molecule has 2 heterocycles. The van der Waals surface area contributed by atoms with Gasteiger partial charge in [-0.05, 0) is 63.8 Å². The lowest BCUT2D eigenvalue weighted by atomic mass is 9.85. The Morgan fingerprint density at radius 2 is 1.87 bits per heavy atom. The number of hydrogen-bond donors (Lipinski definition) is 2. The van der Waals surface area contributed by atoms with E-state index in [1.807, 2.05) is 4.90 Å². The Kier molecular flexibility index (Phi) is 5.81. The highest BCUT2D eigenvalue weighted by Crippen LogP contribution is 2.30. The van der Waals surface area contributed by atoms with Crippen molar-refractivity contribution >= 4 is 6.03 Å². The first-order valence-corrected chi connectivity index (χ1v) is 9.57. The third-order valence-electron chi connectivity index (χ3n) is 6.30. The van der Waals surface area contributed by atoms with Gasteiger partial charge >= 0.3 is 6.03 Å². The Hall–Kier alpha value is -0.810. The molecule has 0 radical (unpaired) electrons. The van der Waals surface area contributed by atoms with Crippen LogP contribution >= 0.6 is 0 Å². The zero-order valence-corrected chi connectivity index (χ0v) is 14.5. The minimum absolute atomic E-state index is 0.0923. The standard InChI is InChI=1S/C18H33N3O2/c1-14(16-4-3-9-21(12-16)17-5-2-6-17)19-18(23)20-10-7-15(13-22)8-11-20/h14-17,22H,2-13H2,1H3,(H,19,23). The van der Waals surface area contributed by atoms with Gasteiger partial charge < -0.3 is 20.2 Å². The van der Waals surface area contributed by atoms with Crippen LogP contribution < -0.4 is 5.32 Å². The molecular formula is C18H33N3O2. The molecule has 0 spiro atoms. The minimum Gasteiger partial charge on any atom is -0.396 e. The van der Waals surface area contributed by atoms with Gasteiger partial charge in [0.05, 0.1) is 0 Å². The number of carbonyl (C=O) groups is 1. The summed E-state index contributed by atoms with van der Waals surface area (Å²) in [5, 5.41) is 12.4. The Labute approximate surface area is 140 Å². The van der Waals surface area contributed by atoms with Gasteiger partial charge in [0.2, 0.25) is 0 Å². The Balaban J connectivity index is 1.44. The van der Waals surface area contributed by atoms with Crippen LogP contribution in [0.3, 0.4) is 0 Å². The number of urea groups is 1. The summed E-state index contributed by atoms with van der Waals surface area (Å²) in [5.74, 6) is 0.967. The zero-order chi connectivity index (χ0) is 16.2. The van der Waals surface area contributed by atoms with Crippen molar-refractivity contribution in [2.75, 3.05) is 32.8 Å². The Bertz CT molecular complexity index is 392. The quantitative estimate of drug-likeness (QED) is 0.832. The van der Waals surface area contributed by atoms with Gasteiger partial charge in [0.1, 0.15) is 0 Å². The highest BCUT2D eigenvalue weighted by atomic mass is 16.3. The molecule has 5 nitrogen and oxygen atoms in total. The molecule has 2 saturated heterocycles. The first-order chi connectivity index (χ1) is 11.2. The summed E-state index contributed by atoms with van der Waals surface area (Å²) in [7, 11) is 0. The van der Waals surface area contributed by atoms with Crippen LogP contribution in [0.2, 0.25) is 0 Å². The molecule has 0 aromatic carbocycles. The van der Waals surface area contributed by atoms with Gasteiger partial charge in [-0.1, -0.05) is 6.42 Å². The monoisotopic (exact) mass is 323 g/mol. The van der Waals surface area contributed by atoms with E-state index in [0.717, 1.165) is 38.5 Å². The molecule has 1 aliphatic carbocycles. The van der Waals surface area contributed by atoms with Crippen molar-refractivity contribution in [3.8, 4) is 0 Å². The number of aliphatic hydroxyl groups is 1. The summed E-state index contributed by atoms with van der Waals surface area (Å²) < 4.78 is 0. The maximum absolute atomic E-state index is 12.5. The van der Waals surface area contributed by atoms with Crippen molar-refractivity contribution in [1.82, 2.24) is 15.1 Å². The molecule has 2 amide bonds. The van der Waals surface area contributed by atoms with Gasteiger partial charge in [-0.3, -0.25) is 0 Å². The highest BCUT2D eigenvalue weighted by molar-refractivity contribution is 5.74. The summed E-state index contributed by atoms with van der Waals surface area (Å²) in [6.07, 6.45) is 8.48. The molecule has 23 heavy (non-hydrogen) atoms. The van der Waals surface area contributed by atoms with Crippen LogP contribution in [0.25, 0.3) is 0 Å². The third-order valence-corrected chi connectivity index (χ3v) is 6.30. The normalized spacial score (nSPS) is 29.1. The lowest BCUT2D eigenvalue weighted by Gasteiger charge is -2.44. The van der Waals surface area contributed by atoms with Crippen molar-refractivity contribution in [2.45, 2.75) is 64.0 Å². The molecule has 2 atom stereocenters. The third kappa shape index (κ3) is 4.18. The number of aliphatic hydroxyl groups excluding tert-OH is 1. The van der Waals surface area contributed by atoms with E-state index in [-0.39, 0.29) is 18.7 Å². The van der Waals surface area contributed by atoms with Crippen LogP contribution in [0.1, 0.15) is 51.9 Å². The molecule has 0 bridgehead atoms. The number of amides is 2. The summed E-state index contributed by atoms with van der Waals surface area (Å²) in [4.78, 5) is 17.1. The summed E-state index contributed by atoms with van der Waals surface area (Å²) in [5.41, 5.74) is 0. The van der Waals surface area contributed by atoms with E-state index in [1.54, 1.807) is 0 Å². The molecule has 2 unspecified atom stereocenters. The van der Waals surface area contributed by atoms with Gasteiger partial charge in [-0.15, -0.1) is 0 Å². The highest BCUT2D eigenvalue weighted by Gasteiger charge is 2.32. The molecule has 3 aliphatic rings. The topological polar surface area (TPSA) is 55.8 Å². The average Bonchev–Trinajstić information content (AvgIpc) is 2.53. The van der Waals surface area contributed by atoms with Crippen molar-refractivity contribution in [3.63, 3.8) is 0 Å². The first-order valence-electron chi connectivity index (χ1n) is 9.57. The number of nitrogens with zero attached hydrogens (tertiary/aromatic N) is 2. The Morgan fingerprint density at radius 3 is 2.48 bits per heavy atom. The van der Waals surface area contributed by atoms with Gasteiger partial charge in [0, 0.05) is 38.3 Å². The predicted molar refractivity (Wildman–Crippen MR) is 91.3 cm³/mol. The van der Waals surface area contributed by atoms with Crippen LogP contribution in [0, 0.1) is 11.8 Å².